The third-order valence-electron chi connectivity index (χ3n) is 3.24. The summed E-state index contributed by atoms with van der Waals surface area (Å²) in [5.41, 5.74) is 0. The van der Waals surface area contributed by atoms with Crippen molar-refractivity contribution in [3.05, 3.63) is 0 Å². The maximum atomic E-state index is 11.9. The minimum Gasteiger partial charge on any atom is -0.480 e. The number of carbonyl (C=O) groups excluding carboxylic acids is 1. The van der Waals surface area contributed by atoms with Gasteiger partial charge in [-0.15, -0.1) is 0 Å². The molecule has 0 aromatic heterocycles. The average molecular weight is 272 g/mol. The summed E-state index contributed by atoms with van der Waals surface area (Å²) in [5, 5.41) is 11.8. The first-order valence-corrected chi connectivity index (χ1v) is 7.20. The molecule has 0 aliphatic carbocycles. The molecule has 0 aliphatic heterocycles. The van der Waals surface area contributed by atoms with E-state index in [1.165, 1.54) is 0 Å². The van der Waals surface area contributed by atoms with Crippen LogP contribution in [0.1, 0.15) is 47.0 Å². The Morgan fingerprint density at radius 3 is 2.05 bits per heavy atom. The van der Waals surface area contributed by atoms with Gasteiger partial charge in [-0.1, -0.05) is 34.1 Å². The number of carbonyl (C=O) groups is 2. The van der Waals surface area contributed by atoms with Crippen LogP contribution in [0.25, 0.3) is 0 Å². The number of hydrogen-bond donors (Lipinski definition) is 2. The molecule has 0 aromatic rings. The number of hydrogen-bond acceptors (Lipinski definition) is 3. The summed E-state index contributed by atoms with van der Waals surface area (Å²) in [6.45, 7) is 9.91. The van der Waals surface area contributed by atoms with Crippen LogP contribution in [-0.2, 0) is 9.59 Å². The number of carboxylic acid groups (broad SMARTS) is 1. The lowest BCUT2D eigenvalue weighted by Crippen LogP contribution is -2.48. The molecule has 0 aliphatic rings. The van der Waals surface area contributed by atoms with Crippen molar-refractivity contribution >= 4 is 11.9 Å². The van der Waals surface area contributed by atoms with Gasteiger partial charge in [0.1, 0.15) is 6.04 Å². The quantitative estimate of drug-likeness (QED) is 0.635. The van der Waals surface area contributed by atoms with Crippen molar-refractivity contribution in [1.29, 1.82) is 0 Å². The molecule has 0 heterocycles. The number of nitrogens with one attached hydrogen (secondary N) is 1. The monoisotopic (exact) mass is 272 g/mol. The highest BCUT2D eigenvalue weighted by Gasteiger charge is 2.25. The van der Waals surface area contributed by atoms with Crippen molar-refractivity contribution in [2.24, 2.45) is 5.92 Å². The minimum absolute atomic E-state index is 0.0627. The summed E-state index contributed by atoms with van der Waals surface area (Å²) in [6, 6.07) is -0.789. The molecule has 1 amide bonds. The molecule has 112 valence electrons. The second kappa shape index (κ2) is 9.78. The first kappa shape index (κ1) is 17.9. The van der Waals surface area contributed by atoms with Crippen molar-refractivity contribution < 1.29 is 14.7 Å². The Balaban J connectivity index is 4.42. The summed E-state index contributed by atoms with van der Waals surface area (Å²) in [4.78, 5) is 25.1. The summed E-state index contributed by atoms with van der Waals surface area (Å²) in [7, 11) is 0. The molecular formula is C14H28N2O3. The van der Waals surface area contributed by atoms with Gasteiger partial charge in [0.05, 0.1) is 6.54 Å². The largest absolute Gasteiger partial charge is 0.480 e. The number of aliphatic carboxylic acids is 1. The Morgan fingerprint density at radius 1 is 1.16 bits per heavy atom. The number of nitrogens with zero attached hydrogens (tertiary/aromatic N) is 1. The Kier molecular flexibility index (Phi) is 9.21. The molecule has 0 fully saturated rings. The maximum absolute atomic E-state index is 11.9. The smallest absolute Gasteiger partial charge is 0.326 e. The van der Waals surface area contributed by atoms with E-state index in [0.29, 0.717) is 0 Å². The zero-order valence-corrected chi connectivity index (χ0v) is 12.6. The van der Waals surface area contributed by atoms with E-state index in [0.717, 1.165) is 32.4 Å². The van der Waals surface area contributed by atoms with Crippen LogP contribution in [0.5, 0.6) is 0 Å². The zero-order valence-electron chi connectivity index (χ0n) is 12.6. The molecule has 2 atom stereocenters. The first-order chi connectivity index (χ1) is 8.96. The van der Waals surface area contributed by atoms with E-state index < -0.39 is 12.0 Å². The van der Waals surface area contributed by atoms with Crippen LogP contribution in [0.2, 0.25) is 0 Å². The lowest BCUT2D eigenvalue weighted by molar-refractivity contribution is -0.143. The number of amides is 1. The van der Waals surface area contributed by atoms with Crippen LogP contribution in [0, 0.1) is 5.92 Å². The van der Waals surface area contributed by atoms with Gasteiger partial charge < -0.3 is 10.4 Å². The van der Waals surface area contributed by atoms with Gasteiger partial charge in [0.15, 0.2) is 0 Å². The Bertz CT molecular complexity index is 276. The van der Waals surface area contributed by atoms with Crippen LogP contribution >= 0.6 is 0 Å². The maximum Gasteiger partial charge on any atom is 0.326 e. The van der Waals surface area contributed by atoms with Crippen LogP contribution in [0.15, 0.2) is 0 Å². The van der Waals surface area contributed by atoms with Gasteiger partial charge in [-0.3, -0.25) is 9.69 Å². The summed E-state index contributed by atoms with van der Waals surface area (Å²) in [5.74, 6) is -1.22. The van der Waals surface area contributed by atoms with E-state index in [1.54, 1.807) is 0 Å². The van der Waals surface area contributed by atoms with Crippen molar-refractivity contribution in [2.75, 3.05) is 19.6 Å². The van der Waals surface area contributed by atoms with E-state index in [-0.39, 0.29) is 18.4 Å². The molecule has 0 radical (unpaired) electrons. The van der Waals surface area contributed by atoms with E-state index >= 15 is 0 Å². The summed E-state index contributed by atoms with van der Waals surface area (Å²) >= 11 is 0. The Hall–Kier alpha value is -1.10. The third-order valence-corrected chi connectivity index (χ3v) is 3.24. The fourth-order valence-electron chi connectivity index (χ4n) is 2.01. The van der Waals surface area contributed by atoms with Crippen LogP contribution in [-0.4, -0.2) is 47.6 Å². The molecule has 0 bridgehead atoms. The molecule has 19 heavy (non-hydrogen) atoms. The second-order valence-electron chi connectivity index (χ2n) is 5.05. The second-order valence-corrected chi connectivity index (χ2v) is 5.05. The SMILES string of the molecule is CCCN(CCC)CC(=O)NC(C(=O)O)C(C)CC. The predicted octanol–water partition coefficient (Wildman–Crippen LogP) is 1.72. The molecular weight excluding hydrogens is 244 g/mol. The fraction of sp³-hybridized carbons (Fsp3) is 0.857. The van der Waals surface area contributed by atoms with Crippen LogP contribution in [0.4, 0.5) is 0 Å². The highest BCUT2D eigenvalue weighted by molar-refractivity contribution is 5.84. The normalized spacial score (nSPS) is 14.2. The van der Waals surface area contributed by atoms with E-state index in [9.17, 15) is 9.59 Å². The van der Waals surface area contributed by atoms with Gasteiger partial charge >= 0.3 is 5.97 Å². The highest BCUT2D eigenvalue weighted by atomic mass is 16.4. The lowest BCUT2D eigenvalue weighted by atomic mass is 9.99. The number of carboxylic acids is 1. The first-order valence-electron chi connectivity index (χ1n) is 7.20. The lowest BCUT2D eigenvalue weighted by Gasteiger charge is -2.24. The minimum atomic E-state index is -0.958. The van der Waals surface area contributed by atoms with Gasteiger partial charge in [0.25, 0.3) is 0 Å². The van der Waals surface area contributed by atoms with Gasteiger partial charge in [-0.25, -0.2) is 4.79 Å². The molecule has 0 saturated carbocycles. The van der Waals surface area contributed by atoms with E-state index in [2.05, 4.69) is 24.1 Å². The Morgan fingerprint density at radius 2 is 1.68 bits per heavy atom. The molecule has 0 rings (SSSR count). The summed E-state index contributed by atoms with van der Waals surface area (Å²) in [6.07, 6.45) is 2.70. The van der Waals surface area contributed by atoms with Gasteiger partial charge in [0, 0.05) is 0 Å². The third kappa shape index (κ3) is 7.15. The Labute approximate surface area is 116 Å². The van der Waals surface area contributed by atoms with Gasteiger partial charge in [-0.2, -0.15) is 0 Å². The van der Waals surface area contributed by atoms with Crippen LogP contribution in [0.3, 0.4) is 0 Å². The zero-order chi connectivity index (χ0) is 14.8. The highest BCUT2D eigenvalue weighted by Crippen LogP contribution is 2.08. The van der Waals surface area contributed by atoms with Gasteiger partial charge in [-0.05, 0) is 31.8 Å². The molecule has 2 unspecified atom stereocenters. The molecule has 5 nitrogen and oxygen atoms in total. The van der Waals surface area contributed by atoms with Crippen molar-refractivity contribution in [2.45, 2.75) is 53.0 Å². The molecule has 2 N–H and O–H groups in total. The topological polar surface area (TPSA) is 69.6 Å². The number of rotatable bonds is 10. The van der Waals surface area contributed by atoms with E-state index in [1.807, 2.05) is 13.8 Å². The van der Waals surface area contributed by atoms with Crippen molar-refractivity contribution in [1.82, 2.24) is 10.2 Å². The molecule has 5 heteroatoms. The van der Waals surface area contributed by atoms with Gasteiger partial charge in [0.2, 0.25) is 5.91 Å². The van der Waals surface area contributed by atoms with Crippen molar-refractivity contribution in [3.63, 3.8) is 0 Å². The predicted molar refractivity (Wildman–Crippen MR) is 76.0 cm³/mol. The van der Waals surface area contributed by atoms with E-state index in [4.69, 9.17) is 5.11 Å². The molecule has 0 spiro atoms. The van der Waals surface area contributed by atoms with Crippen molar-refractivity contribution in [3.8, 4) is 0 Å². The fourth-order valence-corrected chi connectivity index (χ4v) is 2.01. The standard InChI is InChI=1S/C14H28N2O3/c1-5-8-16(9-6-2)10-12(17)15-13(14(18)19)11(4)7-3/h11,13H,5-10H2,1-4H3,(H,15,17)(H,18,19). The van der Waals surface area contributed by atoms with Crippen LogP contribution < -0.4 is 5.32 Å². The average Bonchev–Trinajstić information content (AvgIpc) is 2.35. The summed E-state index contributed by atoms with van der Waals surface area (Å²) < 4.78 is 0. The molecule has 0 saturated heterocycles. The molecule has 0 aromatic carbocycles.